The molecule has 2 bridgehead atoms. The molecule has 3 fully saturated rings. The fourth-order valence-electron chi connectivity index (χ4n) is 5.39. The summed E-state index contributed by atoms with van der Waals surface area (Å²) < 4.78 is 0. The number of ketones is 1. The van der Waals surface area contributed by atoms with Crippen molar-refractivity contribution in [2.45, 2.75) is 52.4 Å². The predicted octanol–water partition coefficient (Wildman–Crippen LogP) is 3.61. The van der Waals surface area contributed by atoms with E-state index in [2.05, 4.69) is 25.8 Å². The summed E-state index contributed by atoms with van der Waals surface area (Å²) in [5, 5.41) is 0. The molecular weight excluding hydrogens is 246 g/mol. The van der Waals surface area contributed by atoms with Crippen molar-refractivity contribution in [2.24, 2.45) is 35.5 Å². The van der Waals surface area contributed by atoms with Crippen molar-refractivity contribution < 1.29 is 4.79 Å². The highest BCUT2D eigenvalue weighted by atomic mass is 16.1. The van der Waals surface area contributed by atoms with Gasteiger partial charge in [0.15, 0.2) is 0 Å². The first kappa shape index (κ1) is 14.6. The van der Waals surface area contributed by atoms with E-state index in [1.165, 1.54) is 38.6 Å². The summed E-state index contributed by atoms with van der Waals surface area (Å²) in [4.78, 5) is 14.8. The molecule has 3 saturated carbocycles. The quantitative estimate of drug-likeness (QED) is 0.782. The van der Waals surface area contributed by atoms with Gasteiger partial charge in [-0.05, 0) is 62.3 Å². The van der Waals surface area contributed by atoms with Gasteiger partial charge in [0.05, 0.1) is 0 Å². The standard InChI is InChI=1S/C18H31NO/c1-12-6-13(2)17(18(20)7-12)11-19(3)10-16-9-14-4-5-15(16)8-14/h12-17H,4-11H2,1-3H3. The van der Waals surface area contributed by atoms with Crippen molar-refractivity contribution in [3.05, 3.63) is 0 Å². The highest BCUT2D eigenvalue weighted by molar-refractivity contribution is 5.82. The summed E-state index contributed by atoms with van der Waals surface area (Å²) in [7, 11) is 2.24. The zero-order chi connectivity index (χ0) is 14.3. The minimum absolute atomic E-state index is 0.301. The van der Waals surface area contributed by atoms with Crippen LogP contribution in [0.5, 0.6) is 0 Å². The zero-order valence-electron chi connectivity index (χ0n) is 13.5. The zero-order valence-corrected chi connectivity index (χ0v) is 13.5. The van der Waals surface area contributed by atoms with Gasteiger partial charge in [0.25, 0.3) is 0 Å². The van der Waals surface area contributed by atoms with E-state index in [9.17, 15) is 4.79 Å². The van der Waals surface area contributed by atoms with Crippen LogP contribution in [0.3, 0.4) is 0 Å². The number of hydrogen-bond donors (Lipinski definition) is 0. The predicted molar refractivity (Wildman–Crippen MR) is 82.5 cm³/mol. The molecule has 0 saturated heterocycles. The van der Waals surface area contributed by atoms with Crippen LogP contribution in [0, 0.1) is 35.5 Å². The Hall–Kier alpha value is -0.370. The molecule has 0 heterocycles. The molecule has 0 aliphatic heterocycles. The first-order chi connectivity index (χ1) is 9.52. The average Bonchev–Trinajstić information content (AvgIpc) is 2.95. The molecule has 2 heteroatoms. The van der Waals surface area contributed by atoms with Gasteiger partial charge in [-0.15, -0.1) is 0 Å². The van der Waals surface area contributed by atoms with E-state index in [0.717, 1.165) is 30.7 Å². The summed E-state index contributed by atoms with van der Waals surface area (Å²) >= 11 is 0. The largest absolute Gasteiger partial charge is 0.305 e. The molecule has 0 N–H and O–H groups in total. The van der Waals surface area contributed by atoms with Gasteiger partial charge in [-0.1, -0.05) is 20.3 Å². The van der Waals surface area contributed by atoms with Crippen LogP contribution in [-0.4, -0.2) is 30.8 Å². The second-order valence-electron chi connectivity index (χ2n) is 8.25. The lowest BCUT2D eigenvalue weighted by molar-refractivity contribution is -0.128. The van der Waals surface area contributed by atoms with Crippen molar-refractivity contribution in [1.29, 1.82) is 0 Å². The van der Waals surface area contributed by atoms with Gasteiger partial charge < -0.3 is 4.90 Å². The molecular formula is C18H31NO. The van der Waals surface area contributed by atoms with Gasteiger partial charge in [-0.3, -0.25) is 4.79 Å². The smallest absolute Gasteiger partial charge is 0.137 e. The fraction of sp³-hybridized carbons (Fsp3) is 0.944. The minimum Gasteiger partial charge on any atom is -0.305 e. The minimum atomic E-state index is 0.301. The fourth-order valence-corrected chi connectivity index (χ4v) is 5.39. The third-order valence-corrected chi connectivity index (χ3v) is 6.36. The van der Waals surface area contributed by atoms with Crippen LogP contribution in [0.2, 0.25) is 0 Å². The number of nitrogens with zero attached hydrogens (tertiary/aromatic N) is 1. The van der Waals surface area contributed by atoms with Crippen LogP contribution in [0.1, 0.15) is 52.4 Å². The highest BCUT2D eigenvalue weighted by Gasteiger charge is 2.40. The molecule has 0 aromatic heterocycles. The highest BCUT2D eigenvalue weighted by Crippen LogP contribution is 2.48. The Morgan fingerprint density at radius 3 is 2.50 bits per heavy atom. The Morgan fingerprint density at radius 1 is 1.10 bits per heavy atom. The van der Waals surface area contributed by atoms with Crippen molar-refractivity contribution >= 4 is 5.78 Å². The lowest BCUT2D eigenvalue weighted by Gasteiger charge is -2.35. The van der Waals surface area contributed by atoms with Crippen LogP contribution in [0.4, 0.5) is 0 Å². The van der Waals surface area contributed by atoms with Gasteiger partial charge in [-0.25, -0.2) is 0 Å². The Balaban J connectivity index is 1.51. The number of rotatable bonds is 4. The average molecular weight is 277 g/mol. The molecule has 20 heavy (non-hydrogen) atoms. The van der Waals surface area contributed by atoms with Crippen molar-refractivity contribution in [3.8, 4) is 0 Å². The van der Waals surface area contributed by atoms with Crippen LogP contribution in [-0.2, 0) is 4.79 Å². The molecule has 3 aliphatic rings. The number of carbonyl (C=O) groups is 1. The van der Waals surface area contributed by atoms with E-state index in [1.807, 2.05) is 0 Å². The van der Waals surface area contributed by atoms with E-state index in [4.69, 9.17) is 0 Å². The second-order valence-corrected chi connectivity index (χ2v) is 8.25. The lowest BCUT2D eigenvalue weighted by Crippen LogP contribution is -2.40. The van der Waals surface area contributed by atoms with Crippen LogP contribution in [0.15, 0.2) is 0 Å². The lowest BCUT2D eigenvalue weighted by atomic mass is 9.74. The summed E-state index contributed by atoms with van der Waals surface area (Å²) in [5.74, 6) is 4.97. The van der Waals surface area contributed by atoms with Crippen LogP contribution >= 0.6 is 0 Å². The summed E-state index contributed by atoms with van der Waals surface area (Å²) in [6.45, 7) is 6.74. The SMILES string of the molecule is CC1CC(=O)C(CN(C)CC2CC3CCC2C3)C(C)C1. The third kappa shape index (κ3) is 2.95. The molecule has 3 aliphatic carbocycles. The molecule has 2 nitrogen and oxygen atoms in total. The van der Waals surface area contributed by atoms with E-state index in [-0.39, 0.29) is 0 Å². The maximum atomic E-state index is 12.3. The third-order valence-electron chi connectivity index (χ3n) is 6.36. The van der Waals surface area contributed by atoms with Gasteiger partial charge in [0, 0.05) is 25.4 Å². The summed E-state index contributed by atoms with van der Waals surface area (Å²) in [6.07, 6.45) is 7.96. The molecule has 6 unspecified atom stereocenters. The Bertz CT molecular complexity index is 366. The van der Waals surface area contributed by atoms with E-state index in [0.29, 0.717) is 23.5 Å². The van der Waals surface area contributed by atoms with E-state index < -0.39 is 0 Å². The molecule has 6 atom stereocenters. The molecule has 0 radical (unpaired) electrons. The van der Waals surface area contributed by atoms with Gasteiger partial charge >= 0.3 is 0 Å². The number of fused-ring (bicyclic) bond motifs is 2. The molecule has 0 spiro atoms. The van der Waals surface area contributed by atoms with E-state index in [1.54, 1.807) is 0 Å². The number of Topliss-reactive ketones (excluding diaryl/α,β-unsaturated/α-hetero) is 1. The topological polar surface area (TPSA) is 20.3 Å². The van der Waals surface area contributed by atoms with Crippen LogP contribution in [0.25, 0.3) is 0 Å². The van der Waals surface area contributed by atoms with Crippen molar-refractivity contribution in [2.75, 3.05) is 20.1 Å². The molecule has 0 aromatic carbocycles. The van der Waals surface area contributed by atoms with Crippen molar-refractivity contribution in [1.82, 2.24) is 4.90 Å². The summed E-state index contributed by atoms with van der Waals surface area (Å²) in [5.41, 5.74) is 0. The van der Waals surface area contributed by atoms with Crippen LogP contribution < -0.4 is 0 Å². The van der Waals surface area contributed by atoms with Gasteiger partial charge in [0.2, 0.25) is 0 Å². The monoisotopic (exact) mass is 277 g/mol. The molecule has 0 aromatic rings. The number of hydrogen-bond acceptors (Lipinski definition) is 2. The van der Waals surface area contributed by atoms with Gasteiger partial charge in [0.1, 0.15) is 5.78 Å². The Morgan fingerprint density at radius 2 is 1.90 bits per heavy atom. The normalized spacial score (nSPS) is 44.5. The number of carbonyl (C=O) groups excluding carboxylic acids is 1. The first-order valence-electron chi connectivity index (χ1n) is 8.74. The molecule has 114 valence electrons. The van der Waals surface area contributed by atoms with E-state index >= 15 is 0 Å². The Kier molecular flexibility index (Phi) is 4.21. The maximum Gasteiger partial charge on any atom is 0.137 e. The summed E-state index contributed by atoms with van der Waals surface area (Å²) in [6, 6.07) is 0. The maximum absolute atomic E-state index is 12.3. The molecule has 3 rings (SSSR count). The second kappa shape index (κ2) is 5.79. The Labute approximate surface area is 124 Å². The molecule has 0 amide bonds. The van der Waals surface area contributed by atoms with Gasteiger partial charge in [-0.2, -0.15) is 0 Å². The first-order valence-corrected chi connectivity index (χ1v) is 8.74. The van der Waals surface area contributed by atoms with Crippen molar-refractivity contribution in [3.63, 3.8) is 0 Å².